The van der Waals surface area contributed by atoms with Crippen molar-refractivity contribution in [3.63, 3.8) is 0 Å². The molecule has 1 fully saturated rings. The van der Waals surface area contributed by atoms with Gasteiger partial charge in [-0.25, -0.2) is 0 Å². The summed E-state index contributed by atoms with van der Waals surface area (Å²) in [5, 5.41) is 0.184. The van der Waals surface area contributed by atoms with Crippen molar-refractivity contribution in [3.05, 3.63) is 0 Å². The number of rotatable bonds is 4. The van der Waals surface area contributed by atoms with E-state index in [0.29, 0.717) is 12.8 Å². The zero-order chi connectivity index (χ0) is 14.3. The maximum Gasteiger partial charge on any atom is 0.151 e. The molecule has 0 aliphatic heterocycles. The molecule has 0 N–H and O–H groups in total. The Labute approximate surface area is 115 Å². The van der Waals surface area contributed by atoms with Crippen molar-refractivity contribution in [1.29, 1.82) is 0 Å². The van der Waals surface area contributed by atoms with Crippen LogP contribution in [0.4, 0.5) is 0 Å². The van der Waals surface area contributed by atoms with Crippen LogP contribution in [0, 0.1) is 11.8 Å². The minimum atomic E-state index is -0.962. The highest BCUT2D eigenvalue weighted by Crippen LogP contribution is 2.28. The number of Topliss-reactive ketones (excluding diaryl/α,β-unsaturated/α-hetero) is 3. The Morgan fingerprint density at radius 2 is 1.72 bits per heavy atom. The summed E-state index contributed by atoms with van der Waals surface area (Å²) in [6, 6.07) is 0. The molecule has 0 heterocycles. The second-order valence-corrected chi connectivity index (χ2v) is 5.43. The minimum Gasteiger partial charge on any atom is -0.298 e. The zero-order valence-electron chi connectivity index (χ0n) is 11.7. The molecule has 0 aromatic carbocycles. The van der Waals surface area contributed by atoms with Gasteiger partial charge in [0.25, 0.3) is 0 Å². The molecule has 4 heteroatoms. The van der Waals surface area contributed by atoms with Crippen LogP contribution in [0.1, 0.15) is 53.4 Å². The van der Waals surface area contributed by atoms with E-state index in [1.54, 1.807) is 6.92 Å². The van der Waals surface area contributed by atoms with E-state index < -0.39 is 5.92 Å². The molecule has 1 aliphatic carbocycles. The molecule has 1 aliphatic rings. The lowest BCUT2D eigenvalue weighted by Gasteiger charge is -2.26. The van der Waals surface area contributed by atoms with Crippen molar-refractivity contribution < 1.29 is 14.4 Å². The van der Waals surface area contributed by atoms with Gasteiger partial charge in [-0.2, -0.15) is 12.6 Å². The number of thiol groups is 1. The maximum atomic E-state index is 11.7. The van der Waals surface area contributed by atoms with Crippen molar-refractivity contribution in [3.8, 4) is 0 Å². The third-order valence-corrected chi connectivity index (χ3v) is 3.18. The normalized spacial score (nSPS) is 25.2. The van der Waals surface area contributed by atoms with Crippen LogP contribution in [-0.4, -0.2) is 22.6 Å². The molecule has 0 saturated heterocycles. The fourth-order valence-electron chi connectivity index (χ4n) is 2.27. The molecule has 3 nitrogen and oxygen atoms in total. The Balaban J connectivity index is 0.00000137. The van der Waals surface area contributed by atoms with E-state index >= 15 is 0 Å². The van der Waals surface area contributed by atoms with Crippen LogP contribution in [0.25, 0.3) is 0 Å². The molecule has 0 aromatic rings. The topological polar surface area (TPSA) is 51.2 Å². The number of ketones is 3. The highest BCUT2D eigenvalue weighted by molar-refractivity contribution is 7.80. The molecule has 0 bridgehead atoms. The van der Waals surface area contributed by atoms with Gasteiger partial charge in [-0.3, -0.25) is 14.4 Å². The largest absolute Gasteiger partial charge is 0.298 e. The van der Waals surface area contributed by atoms with E-state index in [-0.39, 0.29) is 34.9 Å². The van der Waals surface area contributed by atoms with Crippen LogP contribution in [0.15, 0.2) is 0 Å². The summed E-state index contributed by atoms with van der Waals surface area (Å²) in [6.07, 6.45) is 1.73. The second-order valence-electron chi connectivity index (χ2n) is 4.54. The van der Waals surface area contributed by atoms with Crippen molar-refractivity contribution in [1.82, 2.24) is 0 Å². The number of hydrogen-bond acceptors (Lipinski definition) is 4. The third kappa shape index (κ3) is 4.92. The lowest BCUT2D eigenvalue weighted by Crippen LogP contribution is -2.38. The molecule has 1 atom stereocenters. The number of carbonyl (C=O) groups is 3. The van der Waals surface area contributed by atoms with Gasteiger partial charge in [-0.1, -0.05) is 27.7 Å². The lowest BCUT2D eigenvalue weighted by atomic mass is 9.76. The first-order valence-electron chi connectivity index (χ1n) is 6.71. The first-order valence-corrected chi connectivity index (χ1v) is 7.23. The van der Waals surface area contributed by atoms with E-state index in [1.165, 1.54) is 0 Å². The molecular formula is C14H24O3S. The molecule has 0 radical (unpaired) electrons. The van der Waals surface area contributed by atoms with E-state index in [4.69, 9.17) is 0 Å². The maximum absolute atomic E-state index is 11.7. The Morgan fingerprint density at radius 1 is 1.28 bits per heavy atom. The van der Waals surface area contributed by atoms with Crippen molar-refractivity contribution in [2.75, 3.05) is 0 Å². The predicted octanol–water partition coefficient (Wildman–Crippen LogP) is 2.86. The molecule has 18 heavy (non-hydrogen) atoms. The van der Waals surface area contributed by atoms with E-state index in [0.717, 1.165) is 6.42 Å². The Hall–Kier alpha value is -0.640. The first kappa shape index (κ1) is 17.4. The highest BCUT2D eigenvalue weighted by Gasteiger charge is 2.39. The third-order valence-electron chi connectivity index (χ3n) is 2.97. The van der Waals surface area contributed by atoms with Gasteiger partial charge in [0, 0.05) is 19.3 Å². The van der Waals surface area contributed by atoms with Crippen LogP contribution in [0.5, 0.6) is 0 Å². The Morgan fingerprint density at radius 3 is 2.06 bits per heavy atom. The molecular weight excluding hydrogens is 248 g/mol. The summed E-state index contributed by atoms with van der Waals surface area (Å²) in [5.74, 6) is -1.50. The van der Waals surface area contributed by atoms with Gasteiger partial charge < -0.3 is 0 Å². The summed E-state index contributed by atoms with van der Waals surface area (Å²) >= 11 is 4.26. The molecule has 104 valence electrons. The summed E-state index contributed by atoms with van der Waals surface area (Å²) in [6.45, 7) is 7.63. The number of hydrogen-bond donors (Lipinski definition) is 1. The fraction of sp³-hybridized carbons (Fsp3) is 0.786. The second kappa shape index (κ2) is 8.46. The smallest absolute Gasteiger partial charge is 0.151 e. The first-order chi connectivity index (χ1) is 8.45. The van der Waals surface area contributed by atoms with E-state index in [2.05, 4.69) is 12.6 Å². The van der Waals surface area contributed by atoms with Crippen molar-refractivity contribution >= 4 is 30.0 Å². The van der Waals surface area contributed by atoms with E-state index in [1.807, 2.05) is 20.8 Å². The SMILES string of the molecule is CC.CCC(=O)C1C(=O)CC(CC(C)S)CC1=O. The van der Waals surface area contributed by atoms with Crippen LogP contribution in [-0.2, 0) is 14.4 Å². The van der Waals surface area contributed by atoms with Crippen molar-refractivity contribution in [2.24, 2.45) is 11.8 Å². The van der Waals surface area contributed by atoms with Gasteiger partial charge in [0.15, 0.2) is 17.3 Å². The summed E-state index contributed by atoms with van der Waals surface area (Å²) < 4.78 is 0. The Bertz CT molecular complexity index is 292. The standard InChI is InChI=1S/C12H18O3S.C2H6/c1-3-9(13)12-10(14)5-8(4-7(2)16)6-11(12)15;1-2/h7-8,12,16H,3-6H2,1-2H3;1-2H3. The van der Waals surface area contributed by atoms with Gasteiger partial charge in [-0.15, -0.1) is 0 Å². The number of carbonyl (C=O) groups excluding carboxylic acids is 3. The molecule has 0 spiro atoms. The highest BCUT2D eigenvalue weighted by atomic mass is 32.1. The average molecular weight is 272 g/mol. The van der Waals surface area contributed by atoms with Gasteiger partial charge in [0.1, 0.15) is 5.92 Å². The summed E-state index contributed by atoms with van der Waals surface area (Å²) in [5.41, 5.74) is 0. The molecule has 1 unspecified atom stereocenters. The van der Waals surface area contributed by atoms with Gasteiger partial charge in [0.05, 0.1) is 0 Å². The molecule has 0 amide bonds. The fourth-order valence-corrected chi connectivity index (χ4v) is 2.57. The zero-order valence-corrected chi connectivity index (χ0v) is 12.6. The van der Waals surface area contributed by atoms with Crippen LogP contribution < -0.4 is 0 Å². The van der Waals surface area contributed by atoms with E-state index in [9.17, 15) is 14.4 Å². The van der Waals surface area contributed by atoms with Gasteiger partial charge in [-0.05, 0) is 17.6 Å². The van der Waals surface area contributed by atoms with Gasteiger partial charge in [0.2, 0.25) is 0 Å². The lowest BCUT2D eigenvalue weighted by molar-refractivity contribution is -0.143. The minimum absolute atomic E-state index is 0.0772. The predicted molar refractivity (Wildman–Crippen MR) is 75.9 cm³/mol. The van der Waals surface area contributed by atoms with Gasteiger partial charge >= 0.3 is 0 Å². The van der Waals surface area contributed by atoms with Crippen LogP contribution in [0.2, 0.25) is 0 Å². The average Bonchev–Trinajstić information content (AvgIpc) is 2.29. The van der Waals surface area contributed by atoms with Crippen LogP contribution in [0.3, 0.4) is 0 Å². The molecule has 0 aromatic heterocycles. The molecule has 1 rings (SSSR count). The summed E-state index contributed by atoms with van der Waals surface area (Å²) in [4.78, 5) is 34.9. The van der Waals surface area contributed by atoms with Crippen molar-refractivity contribution in [2.45, 2.75) is 58.6 Å². The Kier molecular flexibility index (Phi) is 8.16. The molecule has 1 saturated carbocycles. The van der Waals surface area contributed by atoms with Crippen LogP contribution >= 0.6 is 12.6 Å². The quantitative estimate of drug-likeness (QED) is 0.632. The summed E-state index contributed by atoms with van der Waals surface area (Å²) in [7, 11) is 0. The monoisotopic (exact) mass is 272 g/mol.